The molecule has 0 aromatic carbocycles. The molecule has 3 fully saturated rings. The third-order valence-corrected chi connectivity index (χ3v) is 5.89. The van der Waals surface area contributed by atoms with E-state index in [1.54, 1.807) is 0 Å². The molecule has 2 unspecified atom stereocenters. The van der Waals surface area contributed by atoms with E-state index in [-0.39, 0.29) is 30.9 Å². The second-order valence-electron chi connectivity index (χ2n) is 8.21. The number of aldehydes is 1. The number of hydrogen-bond donors (Lipinski definition) is 1. The monoisotopic (exact) mass is 450 g/mol. The summed E-state index contributed by atoms with van der Waals surface area (Å²) in [4.78, 5) is 37.4. The maximum Gasteiger partial charge on any atom is 0.330 e. The average Bonchev–Trinajstić information content (AvgIpc) is 3.20. The number of aromatic nitrogens is 2. The molecule has 1 N–H and O–H groups in total. The Balaban J connectivity index is 1.50. The fourth-order valence-corrected chi connectivity index (χ4v) is 4.20. The Kier molecular flexibility index (Phi) is 8.04. The summed E-state index contributed by atoms with van der Waals surface area (Å²) in [6, 6.07) is 0. The summed E-state index contributed by atoms with van der Waals surface area (Å²) in [7, 11) is 0. The molecule has 10 heteroatoms. The molecule has 0 aliphatic carbocycles. The molecule has 176 valence electrons. The van der Waals surface area contributed by atoms with E-state index in [1.807, 2.05) is 0 Å². The summed E-state index contributed by atoms with van der Waals surface area (Å²) in [6.45, 7) is 1.59. The first-order valence-electron chi connectivity index (χ1n) is 11.3. The largest absolute Gasteiger partial charge is 0.353 e. The molecule has 10 nitrogen and oxygen atoms in total. The lowest BCUT2D eigenvalue weighted by Gasteiger charge is -2.29. The van der Waals surface area contributed by atoms with Crippen molar-refractivity contribution in [1.82, 2.24) is 9.55 Å². The standard InChI is InChI=1S/C22H30N2O8/c25-9-5-6-15-13-24(22(27)23-21(15)26)18-12-16(32-20-8-2-4-11-29-20)17(31-18)14-30-19-7-1-3-10-28-19/h5-6,9,13,16-20H,1-4,7-8,10-12,14H2,(H,23,26,27)/t16-,17+,18+,19?,20?/m0/s1. The maximum absolute atomic E-state index is 12.5. The van der Waals surface area contributed by atoms with Gasteiger partial charge in [0.25, 0.3) is 5.56 Å². The highest BCUT2D eigenvalue weighted by molar-refractivity contribution is 5.73. The second kappa shape index (κ2) is 11.2. The van der Waals surface area contributed by atoms with Crippen molar-refractivity contribution >= 4 is 12.4 Å². The number of carbonyl (C=O) groups is 1. The van der Waals surface area contributed by atoms with Crippen LogP contribution in [0.3, 0.4) is 0 Å². The first kappa shape index (κ1) is 23.1. The van der Waals surface area contributed by atoms with E-state index in [1.165, 1.54) is 22.9 Å². The molecule has 3 aliphatic rings. The summed E-state index contributed by atoms with van der Waals surface area (Å²) in [6.07, 6.45) is 8.65. The highest BCUT2D eigenvalue weighted by atomic mass is 16.7. The van der Waals surface area contributed by atoms with Crippen LogP contribution in [0.15, 0.2) is 21.9 Å². The quantitative estimate of drug-likeness (QED) is 0.468. The SMILES string of the molecule is O=CC=Cc1cn([C@H]2C[C@H](OC3CCCCO3)[C@@H](COC3CCCCO3)O2)c(=O)[nH]c1=O. The smallest absolute Gasteiger partial charge is 0.330 e. The van der Waals surface area contributed by atoms with Crippen molar-refractivity contribution < 1.29 is 28.5 Å². The lowest BCUT2D eigenvalue weighted by molar-refractivity contribution is -0.216. The van der Waals surface area contributed by atoms with Crippen LogP contribution in [0.5, 0.6) is 0 Å². The van der Waals surface area contributed by atoms with Gasteiger partial charge in [-0.05, 0) is 50.7 Å². The third kappa shape index (κ3) is 5.81. The lowest BCUT2D eigenvalue weighted by atomic mass is 10.1. The Labute approximate surface area is 185 Å². The minimum absolute atomic E-state index is 0.184. The second-order valence-corrected chi connectivity index (χ2v) is 8.21. The Morgan fingerprint density at radius 2 is 1.84 bits per heavy atom. The molecular weight excluding hydrogens is 420 g/mol. The zero-order valence-electron chi connectivity index (χ0n) is 18.0. The van der Waals surface area contributed by atoms with Crippen LogP contribution >= 0.6 is 0 Å². The number of H-pyrrole nitrogens is 1. The van der Waals surface area contributed by atoms with E-state index in [2.05, 4.69) is 4.98 Å². The van der Waals surface area contributed by atoms with Gasteiger partial charge in [-0.15, -0.1) is 0 Å². The van der Waals surface area contributed by atoms with Gasteiger partial charge in [-0.1, -0.05) is 0 Å². The van der Waals surface area contributed by atoms with E-state index >= 15 is 0 Å². The number of carbonyl (C=O) groups excluding carboxylic acids is 1. The number of rotatable bonds is 8. The molecule has 0 saturated carbocycles. The summed E-state index contributed by atoms with van der Waals surface area (Å²) >= 11 is 0. The van der Waals surface area contributed by atoms with Gasteiger partial charge in [-0.25, -0.2) is 4.79 Å². The Morgan fingerprint density at radius 3 is 2.53 bits per heavy atom. The van der Waals surface area contributed by atoms with Gasteiger partial charge in [-0.3, -0.25) is 19.1 Å². The molecule has 0 spiro atoms. The molecule has 4 heterocycles. The van der Waals surface area contributed by atoms with E-state index in [9.17, 15) is 14.4 Å². The van der Waals surface area contributed by atoms with Gasteiger partial charge in [0.2, 0.25) is 0 Å². The number of ether oxygens (including phenoxy) is 5. The number of hydrogen-bond acceptors (Lipinski definition) is 8. The van der Waals surface area contributed by atoms with Gasteiger partial charge in [0, 0.05) is 25.8 Å². The molecule has 1 aromatic heterocycles. The number of nitrogens with zero attached hydrogens (tertiary/aromatic N) is 1. The van der Waals surface area contributed by atoms with E-state index < -0.39 is 23.6 Å². The summed E-state index contributed by atoms with van der Waals surface area (Å²) in [5.41, 5.74) is -0.975. The number of aromatic amines is 1. The van der Waals surface area contributed by atoms with Gasteiger partial charge in [0.05, 0.1) is 18.3 Å². The number of allylic oxidation sites excluding steroid dienone is 1. The van der Waals surface area contributed by atoms with Crippen molar-refractivity contribution in [2.24, 2.45) is 0 Å². The minimum atomic E-state index is -0.655. The molecule has 0 bridgehead atoms. The van der Waals surface area contributed by atoms with E-state index in [4.69, 9.17) is 23.7 Å². The van der Waals surface area contributed by atoms with Crippen LogP contribution in [0.25, 0.3) is 6.08 Å². The molecule has 32 heavy (non-hydrogen) atoms. The predicted molar refractivity (Wildman–Crippen MR) is 113 cm³/mol. The lowest BCUT2D eigenvalue weighted by Crippen LogP contribution is -2.36. The predicted octanol–water partition coefficient (Wildman–Crippen LogP) is 1.49. The van der Waals surface area contributed by atoms with E-state index in [0.29, 0.717) is 25.9 Å². The molecule has 1 aromatic rings. The number of nitrogens with one attached hydrogen (secondary N) is 1. The molecule has 0 radical (unpaired) electrons. The maximum atomic E-state index is 12.5. The van der Waals surface area contributed by atoms with Gasteiger partial charge in [0.15, 0.2) is 12.6 Å². The van der Waals surface area contributed by atoms with Crippen molar-refractivity contribution in [3.63, 3.8) is 0 Å². The van der Waals surface area contributed by atoms with Crippen molar-refractivity contribution in [2.45, 2.75) is 76.0 Å². The molecule has 3 saturated heterocycles. The van der Waals surface area contributed by atoms with Gasteiger partial charge in [-0.2, -0.15) is 0 Å². The van der Waals surface area contributed by atoms with Crippen LogP contribution in [-0.2, 0) is 28.5 Å². The third-order valence-electron chi connectivity index (χ3n) is 5.89. The first-order chi connectivity index (χ1) is 15.6. The van der Waals surface area contributed by atoms with Crippen LogP contribution in [0.4, 0.5) is 0 Å². The van der Waals surface area contributed by atoms with Crippen LogP contribution < -0.4 is 11.2 Å². The van der Waals surface area contributed by atoms with Gasteiger partial charge < -0.3 is 23.7 Å². The van der Waals surface area contributed by atoms with Gasteiger partial charge >= 0.3 is 5.69 Å². The van der Waals surface area contributed by atoms with Crippen molar-refractivity contribution in [2.75, 3.05) is 19.8 Å². The van der Waals surface area contributed by atoms with Crippen LogP contribution in [0, 0.1) is 0 Å². The van der Waals surface area contributed by atoms with Crippen LogP contribution in [-0.4, -0.2) is 60.4 Å². The zero-order valence-corrected chi connectivity index (χ0v) is 18.0. The summed E-state index contributed by atoms with van der Waals surface area (Å²) in [5.74, 6) is 0. The Bertz CT molecular complexity index is 898. The van der Waals surface area contributed by atoms with Crippen molar-refractivity contribution in [1.29, 1.82) is 0 Å². The first-order valence-corrected chi connectivity index (χ1v) is 11.3. The van der Waals surface area contributed by atoms with Gasteiger partial charge in [0.1, 0.15) is 18.6 Å². The molecule has 5 atom stereocenters. The molecule has 4 rings (SSSR count). The Hall–Kier alpha value is -2.11. The summed E-state index contributed by atoms with van der Waals surface area (Å²) in [5, 5.41) is 0. The fourth-order valence-electron chi connectivity index (χ4n) is 4.20. The topological polar surface area (TPSA) is 118 Å². The van der Waals surface area contributed by atoms with Crippen molar-refractivity contribution in [3.8, 4) is 0 Å². The van der Waals surface area contributed by atoms with Crippen molar-refractivity contribution in [3.05, 3.63) is 38.7 Å². The van der Waals surface area contributed by atoms with Crippen LogP contribution in [0.2, 0.25) is 0 Å². The Morgan fingerprint density at radius 1 is 1.09 bits per heavy atom. The normalized spacial score (nSPS) is 31.2. The average molecular weight is 450 g/mol. The molecule has 0 amide bonds. The summed E-state index contributed by atoms with van der Waals surface area (Å²) < 4.78 is 31.0. The highest BCUT2D eigenvalue weighted by Crippen LogP contribution is 2.33. The van der Waals surface area contributed by atoms with Crippen LogP contribution in [0.1, 0.15) is 56.7 Å². The molecule has 3 aliphatic heterocycles. The molecular formula is C22H30N2O8. The zero-order chi connectivity index (χ0) is 22.3. The van der Waals surface area contributed by atoms with E-state index in [0.717, 1.165) is 38.5 Å². The fraction of sp³-hybridized carbons (Fsp3) is 0.682. The minimum Gasteiger partial charge on any atom is -0.353 e. The highest BCUT2D eigenvalue weighted by Gasteiger charge is 2.40.